The molecule has 2 atom stereocenters. The van der Waals surface area contributed by atoms with Crippen LogP contribution in [0.4, 0.5) is 0 Å². The monoisotopic (exact) mass is 279 g/mol. The fourth-order valence-corrected chi connectivity index (χ4v) is 5.04. The smallest absolute Gasteiger partial charge is 0.00149 e. The van der Waals surface area contributed by atoms with Gasteiger partial charge in [-0.3, -0.25) is 0 Å². The number of rotatable bonds is 3. The van der Waals surface area contributed by atoms with E-state index in [1.165, 1.54) is 43.0 Å². The average Bonchev–Trinajstić information content (AvgIpc) is 2.56. The van der Waals surface area contributed by atoms with Crippen LogP contribution in [-0.4, -0.2) is 13.6 Å². The Hall–Kier alpha value is -1.34. The Balaban J connectivity index is 1.74. The third-order valence-corrected chi connectivity index (χ3v) is 5.99. The van der Waals surface area contributed by atoms with Gasteiger partial charge in [0, 0.05) is 0 Å². The van der Waals surface area contributed by atoms with Crippen LogP contribution in [-0.2, 0) is 0 Å². The highest BCUT2D eigenvalue weighted by molar-refractivity contribution is 5.83. The summed E-state index contributed by atoms with van der Waals surface area (Å²) in [7, 11) is 2.11. The van der Waals surface area contributed by atoms with E-state index < -0.39 is 0 Å². The van der Waals surface area contributed by atoms with E-state index in [0.29, 0.717) is 0 Å². The van der Waals surface area contributed by atoms with Gasteiger partial charge in [0.1, 0.15) is 0 Å². The van der Waals surface area contributed by atoms with E-state index in [4.69, 9.17) is 0 Å². The topological polar surface area (TPSA) is 12.0 Å². The summed E-state index contributed by atoms with van der Waals surface area (Å²) in [6.45, 7) is 1.18. The lowest BCUT2D eigenvalue weighted by molar-refractivity contribution is 0.0688. The van der Waals surface area contributed by atoms with Crippen LogP contribution >= 0.6 is 0 Å². The van der Waals surface area contributed by atoms with Crippen molar-refractivity contribution in [3.8, 4) is 0 Å². The summed E-state index contributed by atoms with van der Waals surface area (Å²) in [6.07, 6.45) is 5.81. The lowest BCUT2D eigenvalue weighted by Crippen LogP contribution is -2.42. The molecule has 3 saturated carbocycles. The molecule has 21 heavy (non-hydrogen) atoms. The van der Waals surface area contributed by atoms with Crippen molar-refractivity contribution < 1.29 is 0 Å². The molecule has 1 N–H and O–H groups in total. The van der Waals surface area contributed by atoms with Gasteiger partial charge < -0.3 is 5.32 Å². The Bertz CT molecular complexity index is 625. The minimum atomic E-state index is 0.773. The first-order valence-corrected chi connectivity index (χ1v) is 8.50. The Morgan fingerprint density at radius 2 is 1.62 bits per heavy atom. The first-order valence-electron chi connectivity index (χ1n) is 8.50. The van der Waals surface area contributed by atoms with E-state index in [1.807, 2.05) is 0 Å². The molecule has 0 heterocycles. The van der Waals surface area contributed by atoms with E-state index in [-0.39, 0.29) is 0 Å². The summed E-state index contributed by atoms with van der Waals surface area (Å²) in [5.74, 6) is 3.46. The largest absolute Gasteiger partial charge is 0.319 e. The summed E-state index contributed by atoms with van der Waals surface area (Å²) in [6, 6.07) is 16.0. The summed E-state index contributed by atoms with van der Waals surface area (Å²) in [4.78, 5) is 0. The molecule has 1 nitrogen and oxygen atoms in total. The Kier molecular flexibility index (Phi) is 3.46. The lowest BCUT2D eigenvalue weighted by Gasteiger charge is -2.49. The highest BCUT2D eigenvalue weighted by Crippen LogP contribution is 2.53. The summed E-state index contributed by atoms with van der Waals surface area (Å²) in [5.41, 5.74) is 1.59. The van der Waals surface area contributed by atoms with Crippen LogP contribution in [0.1, 0.15) is 37.2 Å². The van der Waals surface area contributed by atoms with Crippen molar-refractivity contribution in [3.05, 3.63) is 48.0 Å². The van der Waals surface area contributed by atoms with Crippen LogP contribution < -0.4 is 5.32 Å². The number of fused-ring (bicyclic) bond motifs is 4. The van der Waals surface area contributed by atoms with E-state index >= 15 is 0 Å². The maximum absolute atomic E-state index is 3.46. The number of benzene rings is 2. The van der Waals surface area contributed by atoms with Crippen molar-refractivity contribution in [1.82, 2.24) is 5.32 Å². The van der Waals surface area contributed by atoms with Crippen molar-refractivity contribution >= 4 is 10.8 Å². The maximum atomic E-state index is 3.46. The van der Waals surface area contributed by atoms with E-state index in [1.54, 1.807) is 5.56 Å². The molecule has 110 valence electrons. The normalized spacial score (nSPS) is 31.7. The number of hydrogen-bond acceptors (Lipinski definition) is 1. The SMILES string of the molecule is CNC[C@H]1C2CCC(CC2)[C@@H]1c1ccc2ccccc2c1. The van der Waals surface area contributed by atoms with E-state index in [0.717, 1.165) is 23.7 Å². The highest BCUT2D eigenvalue weighted by atomic mass is 14.8. The van der Waals surface area contributed by atoms with Gasteiger partial charge >= 0.3 is 0 Å². The van der Waals surface area contributed by atoms with Gasteiger partial charge in [0.15, 0.2) is 0 Å². The van der Waals surface area contributed by atoms with Gasteiger partial charge in [-0.25, -0.2) is 0 Å². The Morgan fingerprint density at radius 3 is 2.38 bits per heavy atom. The van der Waals surface area contributed by atoms with Crippen molar-refractivity contribution in [3.63, 3.8) is 0 Å². The quantitative estimate of drug-likeness (QED) is 0.867. The summed E-state index contributed by atoms with van der Waals surface area (Å²) >= 11 is 0. The highest BCUT2D eigenvalue weighted by Gasteiger charge is 2.43. The van der Waals surface area contributed by atoms with Crippen molar-refractivity contribution in [1.29, 1.82) is 0 Å². The third-order valence-electron chi connectivity index (χ3n) is 5.99. The second-order valence-electron chi connectivity index (χ2n) is 7.03. The fourth-order valence-electron chi connectivity index (χ4n) is 5.04. The summed E-state index contributed by atoms with van der Waals surface area (Å²) < 4.78 is 0. The third kappa shape index (κ3) is 2.28. The molecule has 0 spiro atoms. The number of nitrogens with one attached hydrogen (secondary N) is 1. The van der Waals surface area contributed by atoms with Gasteiger partial charge in [0.2, 0.25) is 0 Å². The molecule has 0 unspecified atom stereocenters. The van der Waals surface area contributed by atoms with Crippen molar-refractivity contribution in [2.45, 2.75) is 31.6 Å². The first-order chi connectivity index (χ1) is 10.4. The molecule has 1 heteroatoms. The fraction of sp³-hybridized carbons (Fsp3) is 0.500. The minimum Gasteiger partial charge on any atom is -0.319 e. The molecule has 3 aliphatic carbocycles. The Labute approximate surface area is 127 Å². The van der Waals surface area contributed by atoms with Crippen molar-refractivity contribution in [2.75, 3.05) is 13.6 Å². The minimum absolute atomic E-state index is 0.773. The zero-order valence-corrected chi connectivity index (χ0v) is 12.9. The van der Waals surface area contributed by atoms with Gasteiger partial charge in [-0.15, -0.1) is 0 Å². The molecule has 0 aromatic heterocycles. The van der Waals surface area contributed by atoms with Gasteiger partial charge in [-0.2, -0.15) is 0 Å². The average molecular weight is 279 g/mol. The molecule has 0 amide bonds. The van der Waals surface area contributed by atoms with Crippen LogP contribution in [0.15, 0.2) is 42.5 Å². The molecule has 0 aliphatic heterocycles. The summed E-state index contributed by atoms with van der Waals surface area (Å²) in [5, 5.41) is 6.23. The Morgan fingerprint density at radius 1 is 0.905 bits per heavy atom. The van der Waals surface area contributed by atoms with E-state index in [2.05, 4.69) is 54.8 Å². The second kappa shape index (κ2) is 5.46. The van der Waals surface area contributed by atoms with Gasteiger partial charge in [0.05, 0.1) is 0 Å². The van der Waals surface area contributed by atoms with E-state index in [9.17, 15) is 0 Å². The predicted octanol–water partition coefficient (Wildman–Crippen LogP) is 4.58. The molecule has 0 saturated heterocycles. The zero-order valence-electron chi connectivity index (χ0n) is 12.9. The van der Waals surface area contributed by atoms with Crippen LogP contribution in [0.25, 0.3) is 10.8 Å². The lowest BCUT2D eigenvalue weighted by atomic mass is 9.57. The maximum Gasteiger partial charge on any atom is -0.00149 e. The molecular weight excluding hydrogens is 254 g/mol. The van der Waals surface area contributed by atoms with Crippen molar-refractivity contribution in [2.24, 2.45) is 17.8 Å². The van der Waals surface area contributed by atoms with Gasteiger partial charge in [-0.1, -0.05) is 42.5 Å². The zero-order chi connectivity index (χ0) is 14.2. The van der Waals surface area contributed by atoms with Crippen LogP contribution in [0.5, 0.6) is 0 Å². The van der Waals surface area contributed by atoms with Crippen LogP contribution in [0, 0.1) is 17.8 Å². The van der Waals surface area contributed by atoms with Gasteiger partial charge in [0.25, 0.3) is 0 Å². The molecule has 0 radical (unpaired) electrons. The molecular formula is C20H25N. The van der Waals surface area contributed by atoms with Crippen LogP contribution in [0.3, 0.4) is 0 Å². The molecule has 2 aromatic carbocycles. The molecule has 3 fully saturated rings. The standard InChI is InChI=1S/C20H25N/c1-21-13-19-15-7-9-16(10-8-15)20(19)18-11-6-14-4-2-3-5-17(14)12-18/h2-6,11-12,15-16,19-21H,7-10,13H2,1H3/t15?,16?,19-,20+/m0/s1. The van der Waals surface area contributed by atoms with Gasteiger partial charge in [-0.05, 0) is 79.3 Å². The molecule has 5 rings (SSSR count). The van der Waals surface area contributed by atoms with Crippen LogP contribution in [0.2, 0.25) is 0 Å². The number of hydrogen-bond donors (Lipinski definition) is 1. The molecule has 2 aromatic rings. The first kappa shape index (κ1) is 13.3. The molecule has 3 aliphatic rings. The second-order valence-corrected chi connectivity index (χ2v) is 7.03. The molecule has 2 bridgehead atoms. The predicted molar refractivity (Wildman–Crippen MR) is 89.6 cm³/mol.